The van der Waals surface area contributed by atoms with Crippen molar-refractivity contribution >= 4 is 28.8 Å². The van der Waals surface area contributed by atoms with Gasteiger partial charge in [-0.05, 0) is 48.7 Å². The third-order valence-electron chi connectivity index (χ3n) is 4.71. The highest BCUT2D eigenvalue weighted by molar-refractivity contribution is 7.99. The van der Waals surface area contributed by atoms with E-state index in [0.29, 0.717) is 6.54 Å². The first-order valence-corrected chi connectivity index (χ1v) is 10.1. The monoisotopic (exact) mass is 384 g/mol. The van der Waals surface area contributed by atoms with Crippen LogP contribution in [0.15, 0.2) is 53.7 Å². The molecular formula is C20H21FN4OS. The van der Waals surface area contributed by atoms with Gasteiger partial charge in [-0.3, -0.25) is 0 Å². The lowest BCUT2D eigenvalue weighted by Gasteiger charge is -2.26. The molecule has 2 N–H and O–H groups in total. The van der Waals surface area contributed by atoms with Crippen molar-refractivity contribution in [3.63, 3.8) is 0 Å². The average Bonchev–Trinajstić information content (AvgIpc) is 3.09. The van der Waals surface area contributed by atoms with E-state index in [9.17, 15) is 9.18 Å². The van der Waals surface area contributed by atoms with Gasteiger partial charge in [-0.1, -0.05) is 12.1 Å². The molecule has 1 unspecified atom stereocenters. The number of urea groups is 1. The van der Waals surface area contributed by atoms with Crippen LogP contribution in [0.2, 0.25) is 0 Å². The quantitative estimate of drug-likeness (QED) is 0.651. The Morgan fingerprint density at radius 2 is 2.19 bits per heavy atom. The number of carbonyl (C=O) groups excluding carboxylic acids is 1. The fourth-order valence-corrected chi connectivity index (χ4v) is 4.47. The van der Waals surface area contributed by atoms with Crippen LogP contribution in [0.3, 0.4) is 0 Å². The molecule has 0 spiro atoms. The lowest BCUT2D eigenvalue weighted by molar-refractivity contribution is 0.236. The summed E-state index contributed by atoms with van der Waals surface area (Å²) in [4.78, 5) is 17.6. The zero-order chi connectivity index (χ0) is 18.6. The van der Waals surface area contributed by atoms with Gasteiger partial charge in [0.1, 0.15) is 5.82 Å². The Bertz CT molecular complexity index is 958. The first kappa shape index (κ1) is 17.9. The van der Waals surface area contributed by atoms with Gasteiger partial charge in [-0.2, -0.15) is 0 Å². The van der Waals surface area contributed by atoms with Crippen LogP contribution in [0.25, 0.3) is 11.0 Å². The van der Waals surface area contributed by atoms with E-state index in [1.54, 1.807) is 17.8 Å². The Balaban J connectivity index is 1.28. The van der Waals surface area contributed by atoms with Crippen molar-refractivity contribution in [1.82, 2.24) is 20.2 Å². The van der Waals surface area contributed by atoms with Gasteiger partial charge in [0, 0.05) is 23.7 Å². The summed E-state index contributed by atoms with van der Waals surface area (Å²) in [6, 6.07) is 12.4. The fraction of sp³-hybridized carbons (Fsp3) is 0.300. The molecule has 4 rings (SSSR count). The van der Waals surface area contributed by atoms with Gasteiger partial charge in [0.05, 0.1) is 23.4 Å². The summed E-state index contributed by atoms with van der Waals surface area (Å²) in [7, 11) is 0. The number of aryl methyl sites for hydroxylation is 1. The van der Waals surface area contributed by atoms with Crippen molar-refractivity contribution in [2.45, 2.75) is 30.3 Å². The van der Waals surface area contributed by atoms with E-state index in [1.807, 2.05) is 30.6 Å². The molecule has 0 fully saturated rings. The highest BCUT2D eigenvalue weighted by Gasteiger charge is 2.22. The van der Waals surface area contributed by atoms with E-state index in [-0.39, 0.29) is 17.9 Å². The van der Waals surface area contributed by atoms with E-state index >= 15 is 0 Å². The van der Waals surface area contributed by atoms with Gasteiger partial charge in [-0.25, -0.2) is 14.2 Å². The smallest absolute Gasteiger partial charge is 0.315 e. The summed E-state index contributed by atoms with van der Waals surface area (Å²) in [5, 5.41) is 5.88. The molecule has 1 atom stereocenters. The molecule has 0 saturated heterocycles. The normalized spacial score (nSPS) is 16.1. The Labute approximate surface area is 161 Å². The third kappa shape index (κ3) is 4.08. The second-order valence-corrected chi connectivity index (χ2v) is 7.69. The van der Waals surface area contributed by atoms with Crippen LogP contribution in [0, 0.1) is 5.82 Å². The number of thioether (sulfide) groups is 1. The summed E-state index contributed by atoms with van der Waals surface area (Å²) in [6.45, 7) is 1.35. The van der Waals surface area contributed by atoms with Gasteiger partial charge in [0.15, 0.2) is 0 Å². The molecule has 1 aliphatic rings. The molecule has 27 heavy (non-hydrogen) atoms. The molecule has 0 aliphatic carbocycles. The molecule has 7 heteroatoms. The van der Waals surface area contributed by atoms with Gasteiger partial charge >= 0.3 is 6.03 Å². The number of imidazole rings is 1. The maximum atomic E-state index is 13.6. The number of aromatic nitrogens is 2. The zero-order valence-electron chi connectivity index (χ0n) is 14.8. The van der Waals surface area contributed by atoms with E-state index < -0.39 is 0 Å². The number of amides is 2. The number of benzene rings is 2. The Morgan fingerprint density at radius 1 is 1.30 bits per heavy atom. The first-order valence-electron chi connectivity index (χ1n) is 9.07. The van der Waals surface area contributed by atoms with Crippen molar-refractivity contribution < 1.29 is 9.18 Å². The minimum absolute atomic E-state index is 0.144. The van der Waals surface area contributed by atoms with Crippen LogP contribution in [-0.4, -0.2) is 27.9 Å². The molecule has 0 saturated carbocycles. The number of halogens is 1. The molecule has 3 aromatic rings. The second kappa shape index (κ2) is 8.00. The highest BCUT2D eigenvalue weighted by Crippen LogP contribution is 2.36. The Kier molecular flexibility index (Phi) is 5.29. The maximum Gasteiger partial charge on any atom is 0.315 e. The molecule has 1 aliphatic heterocycles. The Hall–Kier alpha value is -2.54. The lowest BCUT2D eigenvalue weighted by atomic mass is 10.0. The van der Waals surface area contributed by atoms with E-state index in [1.165, 1.54) is 12.1 Å². The number of nitrogens with zero attached hydrogens (tertiary/aromatic N) is 2. The number of para-hydroxylation sites is 2. The summed E-state index contributed by atoms with van der Waals surface area (Å²) < 4.78 is 15.6. The predicted molar refractivity (Wildman–Crippen MR) is 105 cm³/mol. The fourth-order valence-electron chi connectivity index (χ4n) is 3.36. The standard InChI is InChI=1S/C20H21FN4OS/c21-14-6-7-19-15(12-14)16(8-11-27-19)24-20(26)22-9-3-10-25-13-23-17-4-1-2-5-18(17)25/h1-2,4-7,12-13,16H,3,8-11H2,(H2,22,24,26). The van der Waals surface area contributed by atoms with Crippen molar-refractivity contribution in [3.05, 3.63) is 60.2 Å². The molecular weight excluding hydrogens is 363 g/mol. The Morgan fingerprint density at radius 3 is 3.11 bits per heavy atom. The minimum Gasteiger partial charge on any atom is -0.338 e. The minimum atomic E-state index is -0.268. The summed E-state index contributed by atoms with van der Waals surface area (Å²) in [5.41, 5.74) is 2.94. The maximum absolute atomic E-state index is 13.6. The average molecular weight is 384 g/mol. The van der Waals surface area contributed by atoms with Gasteiger partial charge in [-0.15, -0.1) is 11.8 Å². The molecule has 2 amide bonds. The van der Waals surface area contributed by atoms with Crippen LogP contribution < -0.4 is 10.6 Å². The molecule has 1 aromatic heterocycles. The lowest BCUT2D eigenvalue weighted by Crippen LogP contribution is -2.39. The second-order valence-electron chi connectivity index (χ2n) is 6.55. The van der Waals surface area contributed by atoms with Gasteiger partial charge in [0.2, 0.25) is 0 Å². The van der Waals surface area contributed by atoms with E-state index in [4.69, 9.17) is 0 Å². The first-order chi connectivity index (χ1) is 13.2. The van der Waals surface area contributed by atoms with E-state index in [2.05, 4.69) is 20.2 Å². The van der Waals surface area contributed by atoms with Crippen molar-refractivity contribution in [2.24, 2.45) is 0 Å². The molecule has 5 nitrogen and oxygen atoms in total. The molecule has 0 bridgehead atoms. The third-order valence-corrected chi connectivity index (χ3v) is 5.83. The number of hydrogen-bond acceptors (Lipinski definition) is 3. The van der Waals surface area contributed by atoms with Crippen LogP contribution in [-0.2, 0) is 6.54 Å². The SMILES string of the molecule is O=C(NCCCn1cnc2ccccc21)NC1CCSc2ccc(F)cc21. The van der Waals surface area contributed by atoms with Crippen LogP contribution >= 0.6 is 11.8 Å². The van der Waals surface area contributed by atoms with Crippen molar-refractivity contribution in [2.75, 3.05) is 12.3 Å². The molecule has 0 radical (unpaired) electrons. The number of rotatable bonds is 5. The highest BCUT2D eigenvalue weighted by atomic mass is 32.2. The summed E-state index contributed by atoms with van der Waals surface area (Å²) in [6.07, 6.45) is 3.44. The number of fused-ring (bicyclic) bond motifs is 2. The van der Waals surface area contributed by atoms with E-state index in [0.717, 1.165) is 46.6 Å². The van der Waals surface area contributed by atoms with Crippen LogP contribution in [0.1, 0.15) is 24.4 Å². The van der Waals surface area contributed by atoms with Crippen molar-refractivity contribution in [3.8, 4) is 0 Å². The molecule has 140 valence electrons. The van der Waals surface area contributed by atoms with Gasteiger partial charge in [0.25, 0.3) is 0 Å². The molecule has 2 aromatic carbocycles. The number of hydrogen-bond donors (Lipinski definition) is 2. The van der Waals surface area contributed by atoms with Gasteiger partial charge < -0.3 is 15.2 Å². The summed E-state index contributed by atoms with van der Waals surface area (Å²) in [5.74, 6) is 0.646. The number of nitrogens with one attached hydrogen (secondary N) is 2. The summed E-state index contributed by atoms with van der Waals surface area (Å²) >= 11 is 1.70. The van der Waals surface area contributed by atoms with Crippen LogP contribution in [0.4, 0.5) is 9.18 Å². The largest absolute Gasteiger partial charge is 0.338 e. The predicted octanol–water partition coefficient (Wildman–Crippen LogP) is 4.10. The van der Waals surface area contributed by atoms with Crippen LogP contribution in [0.5, 0.6) is 0 Å². The topological polar surface area (TPSA) is 59.0 Å². The number of carbonyl (C=O) groups is 1. The zero-order valence-corrected chi connectivity index (χ0v) is 15.6. The van der Waals surface area contributed by atoms with Crippen molar-refractivity contribution in [1.29, 1.82) is 0 Å². The molecule has 2 heterocycles.